The van der Waals surface area contributed by atoms with Crippen molar-refractivity contribution in [2.24, 2.45) is 5.92 Å². The number of halogens is 11. The summed E-state index contributed by atoms with van der Waals surface area (Å²) in [5.41, 5.74) is 0. The van der Waals surface area contributed by atoms with Crippen molar-refractivity contribution in [2.75, 3.05) is 6.61 Å². The van der Waals surface area contributed by atoms with Crippen molar-refractivity contribution in [1.82, 2.24) is 0 Å². The molecule has 1 nitrogen and oxygen atoms in total. The normalized spacial score (nSPS) is 12.9. The van der Waals surface area contributed by atoms with Crippen LogP contribution in [0.25, 0.3) is 0 Å². The summed E-state index contributed by atoms with van der Waals surface area (Å²) in [5.74, 6) is -19.5. The molecule has 0 aliphatic carbocycles. The summed E-state index contributed by atoms with van der Waals surface area (Å²) >= 11 is 0. The maximum absolute atomic E-state index is 13.0. The molecule has 0 aromatic heterocycles. The second kappa shape index (κ2) is 5.80. The van der Waals surface area contributed by atoms with Crippen LogP contribution in [0.2, 0.25) is 0 Å². The summed E-state index contributed by atoms with van der Waals surface area (Å²) in [6, 6.07) is 0. The van der Waals surface area contributed by atoms with Crippen LogP contribution in [0.1, 0.15) is 0 Å². The van der Waals surface area contributed by atoms with Gasteiger partial charge >= 0.3 is 12.4 Å². The molecule has 0 heterocycles. The van der Waals surface area contributed by atoms with Crippen molar-refractivity contribution in [1.29, 1.82) is 0 Å². The van der Waals surface area contributed by atoms with E-state index in [1.807, 2.05) is 0 Å². The summed E-state index contributed by atoms with van der Waals surface area (Å²) in [5, 5.41) is 0. The van der Waals surface area contributed by atoms with E-state index < -0.39 is 59.7 Å². The third-order valence-corrected chi connectivity index (χ3v) is 2.35. The van der Waals surface area contributed by atoms with E-state index in [2.05, 4.69) is 4.74 Å². The molecule has 0 saturated heterocycles. The van der Waals surface area contributed by atoms with Crippen LogP contribution in [0.5, 0.6) is 5.75 Å². The van der Waals surface area contributed by atoms with Gasteiger partial charge in [-0.15, -0.1) is 0 Å². The molecule has 0 amide bonds. The lowest BCUT2D eigenvalue weighted by molar-refractivity contribution is -0.289. The van der Waals surface area contributed by atoms with Crippen LogP contribution in [-0.4, -0.2) is 19.0 Å². The van der Waals surface area contributed by atoms with E-state index in [9.17, 15) is 48.3 Å². The predicted molar refractivity (Wildman–Crippen MR) is 47.3 cm³/mol. The molecule has 0 radical (unpaired) electrons. The second-order valence-corrected chi connectivity index (χ2v) is 3.85. The highest BCUT2D eigenvalue weighted by atomic mass is 19.4. The lowest BCUT2D eigenvalue weighted by atomic mass is 10.1. The minimum atomic E-state index is -5.90. The third kappa shape index (κ3) is 3.53. The van der Waals surface area contributed by atoms with Crippen LogP contribution in [-0.2, 0) is 0 Å². The van der Waals surface area contributed by atoms with Crippen molar-refractivity contribution in [3.05, 3.63) is 29.1 Å². The standard InChI is InChI=1S/C10H3F11O/c11-3-4(12)6(14)8(7(15)5(3)13)22-1-2(9(16,17)18)10(19,20)21/h2H,1H2. The van der Waals surface area contributed by atoms with E-state index in [0.29, 0.717) is 0 Å². The first-order chi connectivity index (χ1) is 9.78. The molecule has 0 spiro atoms. The predicted octanol–water partition coefficient (Wildman–Crippen LogP) is 4.50. The van der Waals surface area contributed by atoms with Crippen molar-refractivity contribution >= 4 is 0 Å². The smallest absolute Gasteiger partial charge is 0.403 e. The van der Waals surface area contributed by atoms with E-state index in [0.717, 1.165) is 0 Å². The number of benzene rings is 1. The summed E-state index contributed by atoms with van der Waals surface area (Å²) in [6.07, 6.45) is -11.8. The molecule has 0 unspecified atom stereocenters. The molecule has 1 aromatic rings. The summed E-state index contributed by atoms with van der Waals surface area (Å²) < 4.78 is 141. The molecule has 0 N–H and O–H groups in total. The molecule has 0 aliphatic rings. The van der Waals surface area contributed by atoms with Gasteiger partial charge in [0.1, 0.15) is 6.61 Å². The summed E-state index contributed by atoms with van der Waals surface area (Å²) in [6.45, 7) is -2.41. The van der Waals surface area contributed by atoms with Gasteiger partial charge in [0, 0.05) is 0 Å². The van der Waals surface area contributed by atoms with Crippen LogP contribution < -0.4 is 4.74 Å². The van der Waals surface area contributed by atoms with E-state index in [1.54, 1.807) is 0 Å². The minimum Gasteiger partial charge on any atom is -0.486 e. The largest absolute Gasteiger partial charge is 0.486 e. The van der Waals surface area contributed by atoms with Gasteiger partial charge in [0.05, 0.1) is 0 Å². The van der Waals surface area contributed by atoms with E-state index in [1.165, 1.54) is 0 Å². The molecule has 0 bridgehead atoms. The maximum atomic E-state index is 13.0. The molecule has 0 fully saturated rings. The lowest BCUT2D eigenvalue weighted by Crippen LogP contribution is -2.40. The number of alkyl halides is 6. The zero-order chi connectivity index (χ0) is 17.5. The first-order valence-corrected chi connectivity index (χ1v) is 5.06. The SMILES string of the molecule is Fc1c(F)c(F)c(OCC(C(F)(F)F)C(F)(F)F)c(F)c1F. The molecule has 0 saturated carbocycles. The Kier molecular flexibility index (Phi) is 4.82. The molecular formula is C10H3F11O. The quantitative estimate of drug-likeness (QED) is 0.444. The Morgan fingerprint density at radius 1 is 0.636 bits per heavy atom. The fourth-order valence-electron chi connectivity index (χ4n) is 1.25. The van der Waals surface area contributed by atoms with Gasteiger partial charge < -0.3 is 4.74 Å². The number of hydrogen-bond acceptors (Lipinski definition) is 1. The minimum absolute atomic E-state index is 2.23. The number of rotatable bonds is 3. The van der Waals surface area contributed by atoms with Gasteiger partial charge in [-0.1, -0.05) is 0 Å². The highest BCUT2D eigenvalue weighted by Crippen LogP contribution is 2.40. The summed E-state index contributed by atoms with van der Waals surface area (Å²) in [7, 11) is 0. The highest BCUT2D eigenvalue weighted by Gasteiger charge is 2.57. The number of ether oxygens (including phenoxy) is 1. The topological polar surface area (TPSA) is 9.23 Å². The van der Waals surface area contributed by atoms with E-state index >= 15 is 0 Å². The van der Waals surface area contributed by atoms with E-state index in [-0.39, 0.29) is 0 Å². The van der Waals surface area contributed by atoms with Crippen molar-refractivity contribution in [2.45, 2.75) is 12.4 Å². The monoisotopic (exact) mass is 348 g/mol. The average molecular weight is 348 g/mol. The third-order valence-electron chi connectivity index (χ3n) is 2.35. The highest BCUT2D eigenvalue weighted by molar-refractivity contribution is 5.29. The molecule has 22 heavy (non-hydrogen) atoms. The van der Waals surface area contributed by atoms with Crippen molar-refractivity contribution < 1.29 is 53.0 Å². The second-order valence-electron chi connectivity index (χ2n) is 3.85. The van der Waals surface area contributed by atoms with E-state index in [4.69, 9.17) is 0 Å². The lowest BCUT2D eigenvalue weighted by Gasteiger charge is -2.23. The van der Waals surface area contributed by atoms with Gasteiger partial charge in [0.2, 0.25) is 29.1 Å². The van der Waals surface area contributed by atoms with Gasteiger partial charge in [-0.2, -0.15) is 35.1 Å². The Balaban J connectivity index is 3.16. The fourth-order valence-corrected chi connectivity index (χ4v) is 1.25. The molecule has 126 valence electrons. The fraction of sp³-hybridized carbons (Fsp3) is 0.400. The Morgan fingerprint density at radius 3 is 1.27 bits per heavy atom. The Morgan fingerprint density at radius 2 is 0.955 bits per heavy atom. The Labute approximate surface area is 114 Å². The van der Waals surface area contributed by atoms with Crippen LogP contribution >= 0.6 is 0 Å². The van der Waals surface area contributed by atoms with Crippen molar-refractivity contribution in [3.8, 4) is 5.75 Å². The van der Waals surface area contributed by atoms with Crippen molar-refractivity contribution in [3.63, 3.8) is 0 Å². The van der Waals surface area contributed by atoms with Crippen LogP contribution in [0.15, 0.2) is 0 Å². The molecule has 1 rings (SSSR count). The zero-order valence-corrected chi connectivity index (χ0v) is 9.85. The van der Waals surface area contributed by atoms with Gasteiger partial charge in [-0.05, 0) is 0 Å². The molecule has 12 heteroatoms. The number of hydrogen-bond donors (Lipinski definition) is 0. The first-order valence-electron chi connectivity index (χ1n) is 5.06. The first kappa shape index (κ1) is 18.3. The average Bonchev–Trinajstić information content (AvgIpc) is 2.35. The van der Waals surface area contributed by atoms with Crippen LogP contribution in [0.3, 0.4) is 0 Å². The molecule has 0 atom stereocenters. The zero-order valence-electron chi connectivity index (χ0n) is 9.85. The maximum Gasteiger partial charge on any atom is 0.403 e. The van der Waals surface area contributed by atoms with Gasteiger partial charge in [0.15, 0.2) is 11.7 Å². The van der Waals surface area contributed by atoms with Crippen LogP contribution in [0.4, 0.5) is 48.3 Å². The summed E-state index contributed by atoms with van der Waals surface area (Å²) in [4.78, 5) is 0. The Hall–Kier alpha value is -1.75. The molecule has 1 aromatic carbocycles. The van der Waals surface area contributed by atoms with Gasteiger partial charge in [-0.3, -0.25) is 0 Å². The molecule has 0 aliphatic heterocycles. The van der Waals surface area contributed by atoms with Crippen LogP contribution in [0, 0.1) is 35.0 Å². The Bertz CT molecular complexity index is 516. The van der Waals surface area contributed by atoms with Gasteiger partial charge in [-0.25, -0.2) is 13.2 Å². The molecular weight excluding hydrogens is 345 g/mol. The van der Waals surface area contributed by atoms with Gasteiger partial charge in [0.25, 0.3) is 0 Å².